The van der Waals surface area contributed by atoms with E-state index >= 15 is 0 Å². The maximum Gasteiger partial charge on any atom is 0.226 e. The third-order valence-electron chi connectivity index (χ3n) is 3.05. The van der Waals surface area contributed by atoms with Crippen molar-refractivity contribution in [3.05, 3.63) is 35.1 Å². The molecular weight excluding hydrogens is 314 g/mol. The summed E-state index contributed by atoms with van der Waals surface area (Å²) in [5.41, 5.74) is 3.42. The van der Waals surface area contributed by atoms with Crippen molar-refractivity contribution in [2.45, 2.75) is 39.2 Å². The van der Waals surface area contributed by atoms with Crippen molar-refractivity contribution in [2.24, 2.45) is 0 Å². The number of aromatic nitrogens is 3. The molecule has 122 valence electrons. The molecule has 1 atom stereocenters. The fourth-order valence-electron chi connectivity index (χ4n) is 2.06. The first kappa shape index (κ1) is 17.0. The van der Waals surface area contributed by atoms with Gasteiger partial charge < -0.3 is 10.6 Å². The van der Waals surface area contributed by atoms with Crippen LogP contribution in [-0.4, -0.2) is 33.0 Å². The largest absolute Gasteiger partial charge is 0.353 e. The number of hydrogen-bond donors (Lipinski definition) is 2. The van der Waals surface area contributed by atoms with Crippen molar-refractivity contribution in [3.8, 4) is 0 Å². The molecule has 23 heavy (non-hydrogen) atoms. The Labute approximate surface area is 138 Å². The van der Waals surface area contributed by atoms with E-state index in [0.717, 1.165) is 11.4 Å². The van der Waals surface area contributed by atoms with E-state index in [4.69, 9.17) is 0 Å². The highest BCUT2D eigenvalue weighted by Gasteiger charge is 2.12. The average molecular weight is 333 g/mol. The molecule has 0 aliphatic rings. The van der Waals surface area contributed by atoms with Crippen LogP contribution in [-0.2, 0) is 16.0 Å². The number of pyridine rings is 1. The van der Waals surface area contributed by atoms with Gasteiger partial charge in [-0.2, -0.15) is 0 Å². The lowest BCUT2D eigenvalue weighted by molar-refractivity contribution is -0.124. The van der Waals surface area contributed by atoms with Crippen molar-refractivity contribution >= 4 is 28.3 Å². The third-order valence-corrected chi connectivity index (χ3v) is 3.66. The molecule has 0 bridgehead atoms. The van der Waals surface area contributed by atoms with Crippen molar-refractivity contribution in [1.82, 2.24) is 20.5 Å². The summed E-state index contributed by atoms with van der Waals surface area (Å²) in [5.74, 6) is -0.400. The van der Waals surface area contributed by atoms with Gasteiger partial charge in [0.05, 0.1) is 0 Å². The van der Waals surface area contributed by atoms with Crippen LogP contribution in [0.4, 0.5) is 5.13 Å². The molecule has 0 aromatic carbocycles. The molecule has 2 rings (SSSR count). The monoisotopic (exact) mass is 333 g/mol. The second kappa shape index (κ2) is 8.33. The number of carbonyl (C=O) groups excluding carboxylic acids is 2. The number of hydrogen-bond acceptors (Lipinski definition) is 6. The van der Waals surface area contributed by atoms with Gasteiger partial charge in [-0.3, -0.25) is 14.6 Å². The number of aryl methyl sites for hydroxylation is 1. The number of nitrogens with one attached hydrogen (secondary N) is 2. The van der Waals surface area contributed by atoms with Gasteiger partial charge in [0.25, 0.3) is 0 Å². The molecule has 0 fully saturated rings. The van der Waals surface area contributed by atoms with Gasteiger partial charge in [0, 0.05) is 36.7 Å². The second-order valence-electron chi connectivity index (χ2n) is 5.24. The summed E-state index contributed by atoms with van der Waals surface area (Å²) in [7, 11) is 0. The molecule has 7 nitrogen and oxygen atoms in total. The molecule has 2 amide bonds. The molecule has 2 N–H and O–H groups in total. The summed E-state index contributed by atoms with van der Waals surface area (Å²) in [5, 5.41) is 13.2. The summed E-state index contributed by atoms with van der Waals surface area (Å²) >= 11 is 1.24. The summed E-state index contributed by atoms with van der Waals surface area (Å²) in [4.78, 5) is 28.0. The first-order chi connectivity index (χ1) is 11.0. The summed E-state index contributed by atoms with van der Waals surface area (Å²) in [6.07, 6.45) is 0.904. The van der Waals surface area contributed by atoms with E-state index < -0.39 is 0 Å². The van der Waals surface area contributed by atoms with Crippen molar-refractivity contribution in [1.29, 1.82) is 0 Å². The molecule has 8 heteroatoms. The zero-order valence-electron chi connectivity index (χ0n) is 13.1. The lowest BCUT2D eigenvalue weighted by Gasteiger charge is -2.13. The third kappa shape index (κ3) is 6.11. The Bertz CT molecular complexity index is 660. The Morgan fingerprint density at radius 1 is 1.26 bits per heavy atom. The molecule has 2 aromatic heterocycles. The number of nitrogens with zero attached hydrogens (tertiary/aromatic N) is 3. The Kier molecular flexibility index (Phi) is 6.16. The molecule has 0 radical (unpaired) electrons. The van der Waals surface area contributed by atoms with Crippen molar-refractivity contribution in [2.75, 3.05) is 5.32 Å². The van der Waals surface area contributed by atoms with Gasteiger partial charge in [-0.25, -0.2) is 0 Å². The first-order valence-corrected chi connectivity index (χ1v) is 8.19. The fourth-order valence-corrected chi connectivity index (χ4v) is 2.52. The van der Waals surface area contributed by atoms with Gasteiger partial charge in [-0.05, 0) is 26.0 Å². The molecule has 0 aliphatic heterocycles. The maximum atomic E-state index is 11.9. The minimum Gasteiger partial charge on any atom is -0.353 e. The summed E-state index contributed by atoms with van der Waals surface area (Å²) in [6.45, 7) is 3.85. The van der Waals surface area contributed by atoms with Crippen molar-refractivity contribution < 1.29 is 9.59 Å². The van der Waals surface area contributed by atoms with Crippen LogP contribution in [0.2, 0.25) is 0 Å². The highest BCUT2D eigenvalue weighted by molar-refractivity contribution is 7.13. The average Bonchev–Trinajstić information content (AvgIpc) is 2.98. The molecule has 0 aliphatic carbocycles. The Hall–Kier alpha value is -2.35. The van der Waals surface area contributed by atoms with Crippen molar-refractivity contribution in [3.63, 3.8) is 0 Å². The van der Waals surface area contributed by atoms with Crippen LogP contribution in [0.1, 0.15) is 31.2 Å². The predicted molar refractivity (Wildman–Crippen MR) is 88.1 cm³/mol. The minimum atomic E-state index is -0.245. The van der Waals surface area contributed by atoms with Crippen LogP contribution in [0.15, 0.2) is 23.7 Å². The zero-order valence-corrected chi connectivity index (χ0v) is 13.9. The second-order valence-corrected chi connectivity index (χ2v) is 6.07. The van der Waals surface area contributed by atoms with Crippen LogP contribution >= 0.6 is 11.3 Å². The molecular formula is C15H19N5O2S. The first-order valence-electron chi connectivity index (χ1n) is 7.31. The summed E-state index contributed by atoms with van der Waals surface area (Å²) in [6, 6.07) is 5.78. The van der Waals surface area contributed by atoms with E-state index in [2.05, 4.69) is 25.8 Å². The van der Waals surface area contributed by atoms with E-state index in [1.807, 2.05) is 32.0 Å². The molecule has 0 saturated carbocycles. The smallest absolute Gasteiger partial charge is 0.226 e. The number of amides is 2. The van der Waals surface area contributed by atoms with E-state index in [9.17, 15) is 9.59 Å². The Balaban J connectivity index is 1.70. The lowest BCUT2D eigenvalue weighted by atomic mass is 10.1. The Morgan fingerprint density at radius 2 is 2.04 bits per heavy atom. The highest BCUT2D eigenvalue weighted by Crippen LogP contribution is 2.08. The van der Waals surface area contributed by atoms with Crippen LogP contribution in [0.3, 0.4) is 0 Å². The predicted octanol–water partition coefficient (Wildman–Crippen LogP) is 1.71. The zero-order chi connectivity index (χ0) is 16.7. The maximum absolute atomic E-state index is 11.9. The molecule has 1 unspecified atom stereocenters. The van der Waals surface area contributed by atoms with Gasteiger partial charge in [-0.15, -0.1) is 10.2 Å². The fraction of sp³-hybridized carbons (Fsp3) is 0.400. The number of rotatable bonds is 7. The Morgan fingerprint density at radius 3 is 2.74 bits per heavy atom. The molecule has 2 heterocycles. The van der Waals surface area contributed by atoms with Gasteiger partial charge >= 0.3 is 0 Å². The molecule has 2 aromatic rings. The van der Waals surface area contributed by atoms with E-state index in [-0.39, 0.29) is 30.7 Å². The topological polar surface area (TPSA) is 96.9 Å². The van der Waals surface area contributed by atoms with Crippen LogP contribution in [0.5, 0.6) is 0 Å². The van der Waals surface area contributed by atoms with Crippen LogP contribution < -0.4 is 10.6 Å². The quantitative estimate of drug-likeness (QED) is 0.804. The van der Waals surface area contributed by atoms with Gasteiger partial charge in [0.2, 0.25) is 16.9 Å². The standard InChI is InChI=1S/C15H19N5O2S/c1-10-4-3-5-12(17-10)8-11(2)18-13(21)6-7-14(22)19-15-20-16-9-23-15/h3-5,9,11H,6-8H2,1-2H3,(H,18,21)(H,19,20,22). The van der Waals surface area contributed by atoms with E-state index in [1.54, 1.807) is 0 Å². The van der Waals surface area contributed by atoms with Crippen LogP contribution in [0.25, 0.3) is 0 Å². The highest BCUT2D eigenvalue weighted by atomic mass is 32.1. The summed E-state index contributed by atoms with van der Waals surface area (Å²) < 4.78 is 0. The van der Waals surface area contributed by atoms with Gasteiger partial charge in [0.15, 0.2) is 0 Å². The van der Waals surface area contributed by atoms with E-state index in [1.165, 1.54) is 16.8 Å². The SMILES string of the molecule is Cc1cccc(CC(C)NC(=O)CCC(=O)Nc2nncs2)n1. The van der Waals surface area contributed by atoms with Crippen LogP contribution in [0, 0.1) is 6.92 Å². The number of carbonyl (C=O) groups is 2. The normalized spacial score (nSPS) is 11.7. The molecule has 0 spiro atoms. The van der Waals surface area contributed by atoms with Gasteiger partial charge in [0.1, 0.15) is 5.51 Å². The number of anilines is 1. The lowest BCUT2D eigenvalue weighted by Crippen LogP contribution is -2.34. The van der Waals surface area contributed by atoms with E-state index in [0.29, 0.717) is 11.6 Å². The minimum absolute atomic E-state index is 0.0389. The van der Waals surface area contributed by atoms with Gasteiger partial charge in [-0.1, -0.05) is 17.4 Å². The molecule has 0 saturated heterocycles.